The Hall–Kier alpha value is -1.44. The highest BCUT2D eigenvalue weighted by Crippen LogP contribution is 2.24. The minimum atomic E-state index is -2.16. The summed E-state index contributed by atoms with van der Waals surface area (Å²) in [5, 5.41) is 0. The summed E-state index contributed by atoms with van der Waals surface area (Å²) in [4.78, 5) is 0. The van der Waals surface area contributed by atoms with E-state index >= 15 is 0 Å². The van der Waals surface area contributed by atoms with Gasteiger partial charge >= 0.3 is 0 Å². The maximum absolute atomic E-state index is 13.4. The molecule has 0 saturated heterocycles. The van der Waals surface area contributed by atoms with Gasteiger partial charge in [-0.15, -0.1) is 0 Å². The topological polar surface area (TPSA) is 0 Å². The molecule has 104 valence electrons. The van der Waals surface area contributed by atoms with Gasteiger partial charge in [-0.25, -0.2) is 22.0 Å². The largest absolute Gasteiger partial charge is 0.203 e. The summed E-state index contributed by atoms with van der Waals surface area (Å²) in [6.45, 7) is 0. The van der Waals surface area contributed by atoms with Gasteiger partial charge in [0.25, 0.3) is 0 Å². The van der Waals surface area contributed by atoms with Crippen LogP contribution in [0.4, 0.5) is 22.0 Å². The molecule has 0 N–H and O–H groups in total. The second kappa shape index (κ2) is 5.90. The number of benzene rings is 2. The molecule has 2 aromatic carbocycles. The lowest BCUT2D eigenvalue weighted by Gasteiger charge is -2.04. The number of rotatable bonds is 2. The molecule has 0 amide bonds. The first-order chi connectivity index (χ1) is 9.41. The van der Waals surface area contributed by atoms with Gasteiger partial charge in [0.05, 0.1) is 5.56 Å². The highest BCUT2D eigenvalue weighted by atomic mass is 127. The van der Waals surface area contributed by atoms with Gasteiger partial charge in [0.15, 0.2) is 23.3 Å². The van der Waals surface area contributed by atoms with Crippen LogP contribution in [0.1, 0.15) is 11.1 Å². The van der Waals surface area contributed by atoms with Crippen LogP contribution in [0.2, 0.25) is 0 Å². The molecule has 0 aromatic heterocycles. The van der Waals surface area contributed by atoms with E-state index in [-0.39, 0.29) is 0 Å². The van der Waals surface area contributed by atoms with Crippen LogP contribution in [0, 0.1) is 32.7 Å². The second-order valence-corrected chi connectivity index (χ2v) is 5.11. The zero-order valence-electron chi connectivity index (χ0n) is 9.73. The highest BCUT2D eigenvalue weighted by molar-refractivity contribution is 14.1. The van der Waals surface area contributed by atoms with E-state index in [1.807, 2.05) is 0 Å². The second-order valence-electron chi connectivity index (χ2n) is 3.87. The molecular formula is C14H6F5I. The van der Waals surface area contributed by atoms with Crippen LogP contribution >= 0.6 is 22.6 Å². The van der Waals surface area contributed by atoms with Crippen LogP contribution in [0.25, 0.3) is 12.2 Å². The zero-order chi connectivity index (χ0) is 14.9. The molecule has 0 aliphatic heterocycles. The van der Waals surface area contributed by atoms with Crippen molar-refractivity contribution in [2.45, 2.75) is 0 Å². The van der Waals surface area contributed by atoms with Crippen LogP contribution < -0.4 is 0 Å². The standard InChI is InChI=1S/C14H6F5I/c15-10-9(11(16)13(18)14(19)12(10)17)6-3-7-1-4-8(20)5-2-7/h1-6H/b6-3+. The Balaban J connectivity index is 2.46. The van der Waals surface area contributed by atoms with Crippen molar-refractivity contribution in [1.82, 2.24) is 0 Å². The van der Waals surface area contributed by atoms with E-state index in [1.54, 1.807) is 24.3 Å². The van der Waals surface area contributed by atoms with Gasteiger partial charge in [0, 0.05) is 3.57 Å². The molecular weight excluding hydrogens is 390 g/mol. The molecule has 0 aliphatic rings. The molecule has 0 bridgehead atoms. The summed E-state index contributed by atoms with van der Waals surface area (Å²) in [6.07, 6.45) is 2.13. The number of hydrogen-bond acceptors (Lipinski definition) is 0. The molecule has 0 aliphatic carbocycles. The molecule has 0 fully saturated rings. The highest BCUT2D eigenvalue weighted by Gasteiger charge is 2.24. The molecule has 0 atom stereocenters. The zero-order valence-corrected chi connectivity index (χ0v) is 11.9. The van der Waals surface area contributed by atoms with Crippen LogP contribution in [-0.2, 0) is 0 Å². The van der Waals surface area contributed by atoms with Gasteiger partial charge in [0.2, 0.25) is 5.82 Å². The van der Waals surface area contributed by atoms with E-state index in [1.165, 1.54) is 6.08 Å². The third kappa shape index (κ3) is 2.84. The minimum absolute atomic E-state index is 0.578. The van der Waals surface area contributed by atoms with Gasteiger partial charge in [-0.1, -0.05) is 18.2 Å². The van der Waals surface area contributed by atoms with E-state index in [0.717, 1.165) is 9.65 Å². The summed E-state index contributed by atoms with van der Waals surface area (Å²) in [5.74, 6) is -9.75. The predicted octanol–water partition coefficient (Wildman–Crippen LogP) is 5.16. The van der Waals surface area contributed by atoms with Crippen LogP contribution in [0.15, 0.2) is 24.3 Å². The van der Waals surface area contributed by atoms with E-state index in [0.29, 0.717) is 5.56 Å². The van der Waals surface area contributed by atoms with Crippen molar-refractivity contribution < 1.29 is 22.0 Å². The summed E-state index contributed by atoms with van der Waals surface area (Å²) in [6, 6.07) is 6.81. The first kappa shape index (κ1) is 15.0. The quantitative estimate of drug-likeness (QED) is 0.216. The van der Waals surface area contributed by atoms with Crippen molar-refractivity contribution in [3.63, 3.8) is 0 Å². The SMILES string of the molecule is Fc1c(F)c(F)c(/C=C/c2ccc(I)cc2)c(F)c1F. The van der Waals surface area contributed by atoms with Gasteiger partial charge in [0.1, 0.15) is 0 Å². The summed E-state index contributed by atoms with van der Waals surface area (Å²) < 4.78 is 66.6. The Bertz CT molecular complexity index is 648. The number of halogens is 6. The lowest BCUT2D eigenvalue weighted by molar-refractivity contribution is 0.377. The maximum atomic E-state index is 13.4. The molecule has 0 radical (unpaired) electrons. The molecule has 2 rings (SSSR count). The molecule has 0 saturated carbocycles. The fourth-order valence-corrected chi connectivity index (χ4v) is 1.88. The maximum Gasteiger partial charge on any atom is 0.200 e. The first-order valence-electron chi connectivity index (χ1n) is 5.37. The van der Waals surface area contributed by atoms with Crippen molar-refractivity contribution in [2.75, 3.05) is 0 Å². The van der Waals surface area contributed by atoms with Crippen molar-refractivity contribution in [3.05, 3.63) is 68.0 Å². The molecule has 0 spiro atoms. The van der Waals surface area contributed by atoms with E-state index in [2.05, 4.69) is 22.6 Å². The molecule has 20 heavy (non-hydrogen) atoms. The van der Waals surface area contributed by atoms with Gasteiger partial charge in [-0.3, -0.25) is 0 Å². The first-order valence-corrected chi connectivity index (χ1v) is 6.44. The Kier molecular flexibility index (Phi) is 4.42. The Morgan fingerprint density at radius 2 is 1.10 bits per heavy atom. The molecule has 0 unspecified atom stereocenters. The van der Waals surface area contributed by atoms with Crippen LogP contribution in [0.3, 0.4) is 0 Å². The van der Waals surface area contributed by atoms with Crippen molar-refractivity contribution in [1.29, 1.82) is 0 Å². The predicted molar refractivity (Wildman–Crippen MR) is 74.3 cm³/mol. The third-order valence-electron chi connectivity index (χ3n) is 2.56. The van der Waals surface area contributed by atoms with E-state index in [4.69, 9.17) is 0 Å². The third-order valence-corrected chi connectivity index (χ3v) is 3.28. The van der Waals surface area contributed by atoms with Crippen molar-refractivity contribution >= 4 is 34.7 Å². The Morgan fingerprint density at radius 3 is 1.60 bits per heavy atom. The fourth-order valence-electron chi connectivity index (χ4n) is 1.52. The summed E-state index contributed by atoms with van der Waals surface area (Å²) in [7, 11) is 0. The van der Waals surface area contributed by atoms with Crippen LogP contribution in [0.5, 0.6) is 0 Å². The summed E-state index contributed by atoms with van der Waals surface area (Å²) in [5.41, 5.74) is -0.380. The normalized spacial score (nSPS) is 11.3. The van der Waals surface area contributed by atoms with E-state index < -0.39 is 34.6 Å². The Morgan fingerprint density at radius 1 is 0.650 bits per heavy atom. The average molecular weight is 396 g/mol. The van der Waals surface area contributed by atoms with Gasteiger partial charge in [-0.05, 0) is 46.4 Å². The Labute approximate surface area is 125 Å². The smallest absolute Gasteiger partial charge is 0.200 e. The lowest BCUT2D eigenvalue weighted by atomic mass is 10.1. The molecule has 6 heteroatoms. The fraction of sp³-hybridized carbons (Fsp3) is 0. The molecule has 0 heterocycles. The molecule has 2 aromatic rings. The number of hydrogen-bond donors (Lipinski definition) is 0. The lowest BCUT2D eigenvalue weighted by Crippen LogP contribution is -2.03. The van der Waals surface area contributed by atoms with Crippen molar-refractivity contribution in [2.24, 2.45) is 0 Å². The minimum Gasteiger partial charge on any atom is -0.203 e. The van der Waals surface area contributed by atoms with Gasteiger partial charge < -0.3 is 0 Å². The molecule has 0 nitrogen and oxygen atoms in total. The van der Waals surface area contributed by atoms with E-state index in [9.17, 15) is 22.0 Å². The van der Waals surface area contributed by atoms with Crippen molar-refractivity contribution in [3.8, 4) is 0 Å². The average Bonchev–Trinajstić information content (AvgIpc) is 2.45. The van der Waals surface area contributed by atoms with Crippen LogP contribution in [-0.4, -0.2) is 0 Å². The van der Waals surface area contributed by atoms with Gasteiger partial charge in [-0.2, -0.15) is 0 Å². The monoisotopic (exact) mass is 396 g/mol. The summed E-state index contributed by atoms with van der Waals surface area (Å²) >= 11 is 2.07.